The fourth-order valence-electron chi connectivity index (χ4n) is 1.95. The second kappa shape index (κ2) is 6.72. The van der Waals surface area contributed by atoms with Crippen molar-refractivity contribution in [3.05, 3.63) is 29.3 Å². The summed E-state index contributed by atoms with van der Waals surface area (Å²) in [5, 5.41) is 9.09. The van der Waals surface area contributed by atoms with E-state index in [1.165, 1.54) is 0 Å². The first-order valence-corrected chi connectivity index (χ1v) is 6.98. The molecule has 1 unspecified atom stereocenters. The lowest BCUT2D eigenvalue weighted by molar-refractivity contribution is -0.128. The Labute approximate surface area is 123 Å². The van der Waals surface area contributed by atoms with E-state index in [1.807, 2.05) is 6.92 Å². The molecule has 1 atom stereocenters. The van der Waals surface area contributed by atoms with E-state index < -0.39 is 0 Å². The van der Waals surface area contributed by atoms with Crippen LogP contribution in [0.15, 0.2) is 24.3 Å². The highest BCUT2D eigenvalue weighted by Gasteiger charge is 2.28. The number of benzene rings is 1. The summed E-state index contributed by atoms with van der Waals surface area (Å²) in [5.41, 5.74) is 0.657. The predicted molar refractivity (Wildman–Crippen MR) is 78.6 cm³/mol. The van der Waals surface area contributed by atoms with Crippen molar-refractivity contribution >= 4 is 29.1 Å². The molecule has 1 aliphatic heterocycles. The average Bonchev–Trinajstić information content (AvgIpc) is 2.36. The van der Waals surface area contributed by atoms with Gasteiger partial charge < -0.3 is 16.0 Å². The lowest BCUT2D eigenvalue weighted by Gasteiger charge is -2.31. The zero-order valence-electron chi connectivity index (χ0n) is 11.3. The van der Waals surface area contributed by atoms with E-state index in [1.54, 1.807) is 24.3 Å². The van der Waals surface area contributed by atoms with Gasteiger partial charge in [-0.2, -0.15) is 0 Å². The van der Waals surface area contributed by atoms with E-state index in [9.17, 15) is 9.59 Å². The summed E-state index contributed by atoms with van der Waals surface area (Å²) in [6.07, 6.45) is 0. The lowest BCUT2D eigenvalue weighted by atomic mass is 9.88. The molecule has 1 aromatic rings. The molecule has 0 spiro atoms. The average molecular weight is 296 g/mol. The maximum atomic E-state index is 11.8. The van der Waals surface area contributed by atoms with E-state index in [-0.39, 0.29) is 24.3 Å². The van der Waals surface area contributed by atoms with Gasteiger partial charge in [0.2, 0.25) is 11.8 Å². The molecule has 108 valence electrons. The predicted octanol–water partition coefficient (Wildman–Crippen LogP) is 1.25. The Morgan fingerprint density at radius 2 is 2.00 bits per heavy atom. The molecular formula is C14H18ClN3O2. The Bertz CT molecular complexity index is 486. The normalized spacial score (nSPS) is 16.1. The van der Waals surface area contributed by atoms with Crippen LogP contribution in [-0.2, 0) is 9.59 Å². The molecule has 2 rings (SSSR count). The van der Waals surface area contributed by atoms with Crippen LogP contribution in [0.4, 0.5) is 5.69 Å². The molecule has 1 fully saturated rings. The molecule has 1 heterocycles. The van der Waals surface area contributed by atoms with Crippen LogP contribution >= 0.6 is 11.6 Å². The molecule has 1 saturated heterocycles. The van der Waals surface area contributed by atoms with Gasteiger partial charge >= 0.3 is 0 Å². The van der Waals surface area contributed by atoms with Crippen LogP contribution in [-0.4, -0.2) is 31.4 Å². The number of nitrogens with one attached hydrogen (secondary N) is 3. The monoisotopic (exact) mass is 295 g/mol. The third kappa shape index (κ3) is 3.95. The Balaban J connectivity index is 1.74. The highest BCUT2D eigenvalue weighted by molar-refractivity contribution is 6.30. The second-order valence-corrected chi connectivity index (χ2v) is 5.42. The van der Waals surface area contributed by atoms with Crippen LogP contribution in [0, 0.1) is 11.8 Å². The number of amides is 2. The van der Waals surface area contributed by atoms with Crippen molar-refractivity contribution in [3.8, 4) is 0 Å². The van der Waals surface area contributed by atoms with Crippen LogP contribution in [0.5, 0.6) is 0 Å². The van der Waals surface area contributed by atoms with Crippen LogP contribution in [0.3, 0.4) is 0 Å². The largest absolute Gasteiger partial charge is 0.347 e. The number of hydrogen-bond acceptors (Lipinski definition) is 3. The van der Waals surface area contributed by atoms with Gasteiger partial charge in [-0.3, -0.25) is 9.59 Å². The lowest BCUT2D eigenvalue weighted by Crippen LogP contribution is -2.50. The highest BCUT2D eigenvalue weighted by Crippen LogP contribution is 2.15. The maximum Gasteiger partial charge on any atom is 0.243 e. The highest BCUT2D eigenvalue weighted by atomic mass is 35.5. The third-order valence-electron chi connectivity index (χ3n) is 3.48. The summed E-state index contributed by atoms with van der Waals surface area (Å²) in [5.74, 6) is -0.0312. The first kappa shape index (κ1) is 14.8. The zero-order valence-corrected chi connectivity index (χ0v) is 12.0. The van der Waals surface area contributed by atoms with Crippen molar-refractivity contribution < 1.29 is 9.59 Å². The molecule has 0 aliphatic carbocycles. The molecule has 0 bridgehead atoms. The molecule has 0 saturated carbocycles. The van der Waals surface area contributed by atoms with E-state index in [2.05, 4.69) is 16.0 Å². The second-order valence-electron chi connectivity index (χ2n) is 4.98. The van der Waals surface area contributed by atoms with Gasteiger partial charge in [-0.25, -0.2) is 0 Å². The minimum absolute atomic E-state index is 0.0219. The molecule has 6 heteroatoms. The van der Waals surface area contributed by atoms with Crippen molar-refractivity contribution in [2.45, 2.75) is 6.92 Å². The first-order chi connectivity index (χ1) is 9.56. The fourth-order valence-corrected chi connectivity index (χ4v) is 2.07. The van der Waals surface area contributed by atoms with E-state index in [0.717, 1.165) is 13.1 Å². The molecule has 1 aliphatic rings. The smallest absolute Gasteiger partial charge is 0.243 e. The number of carbonyl (C=O) groups is 2. The van der Waals surface area contributed by atoms with Crippen LogP contribution in [0.25, 0.3) is 0 Å². The quantitative estimate of drug-likeness (QED) is 0.766. The third-order valence-corrected chi connectivity index (χ3v) is 3.74. The molecule has 2 amide bonds. The molecule has 20 heavy (non-hydrogen) atoms. The summed E-state index contributed by atoms with van der Waals surface area (Å²) < 4.78 is 0. The summed E-state index contributed by atoms with van der Waals surface area (Å²) in [6.45, 7) is 3.60. The van der Waals surface area contributed by atoms with Gasteiger partial charge in [0, 0.05) is 16.6 Å². The molecule has 0 aromatic heterocycles. The number of anilines is 1. The Morgan fingerprint density at radius 3 is 2.55 bits per heavy atom. The van der Waals surface area contributed by atoms with Gasteiger partial charge in [-0.05, 0) is 43.3 Å². The van der Waals surface area contributed by atoms with Crippen LogP contribution in [0.1, 0.15) is 6.92 Å². The van der Waals surface area contributed by atoms with E-state index >= 15 is 0 Å². The number of hydrogen-bond donors (Lipinski definition) is 3. The number of rotatable bonds is 5. The van der Waals surface area contributed by atoms with Crippen molar-refractivity contribution in [1.29, 1.82) is 0 Å². The minimum atomic E-state index is -0.250. The fraction of sp³-hybridized carbons (Fsp3) is 0.429. The number of halogens is 1. The van der Waals surface area contributed by atoms with E-state index in [0.29, 0.717) is 16.6 Å². The van der Waals surface area contributed by atoms with Gasteiger partial charge in [0.05, 0.1) is 6.54 Å². The van der Waals surface area contributed by atoms with Crippen LogP contribution < -0.4 is 16.0 Å². The molecule has 1 aromatic carbocycles. The van der Waals surface area contributed by atoms with E-state index in [4.69, 9.17) is 11.6 Å². The Morgan fingerprint density at radius 1 is 1.35 bits per heavy atom. The van der Waals surface area contributed by atoms with Crippen molar-refractivity contribution in [1.82, 2.24) is 10.6 Å². The maximum absolute atomic E-state index is 11.8. The molecule has 5 nitrogen and oxygen atoms in total. The molecular weight excluding hydrogens is 278 g/mol. The van der Waals surface area contributed by atoms with Crippen LogP contribution in [0.2, 0.25) is 5.02 Å². The van der Waals surface area contributed by atoms with Crippen molar-refractivity contribution in [2.75, 3.05) is 25.0 Å². The topological polar surface area (TPSA) is 70.2 Å². The Hall–Kier alpha value is -1.59. The van der Waals surface area contributed by atoms with Gasteiger partial charge in [0.1, 0.15) is 0 Å². The van der Waals surface area contributed by atoms with Crippen molar-refractivity contribution in [3.63, 3.8) is 0 Å². The standard InChI is InChI=1S/C14H18ClN3O2/c1-9(10-6-16-7-10)14(20)17-8-13(19)18-12-4-2-11(15)3-5-12/h2-5,9-10,16H,6-8H2,1H3,(H,17,20)(H,18,19). The summed E-state index contributed by atoms with van der Waals surface area (Å²) in [4.78, 5) is 23.5. The van der Waals surface area contributed by atoms with Gasteiger partial charge in [0.15, 0.2) is 0 Å². The van der Waals surface area contributed by atoms with Gasteiger partial charge in [-0.1, -0.05) is 18.5 Å². The minimum Gasteiger partial charge on any atom is -0.347 e. The van der Waals surface area contributed by atoms with Gasteiger partial charge in [-0.15, -0.1) is 0 Å². The van der Waals surface area contributed by atoms with Gasteiger partial charge in [0.25, 0.3) is 0 Å². The molecule has 3 N–H and O–H groups in total. The number of carbonyl (C=O) groups excluding carboxylic acids is 2. The summed E-state index contributed by atoms with van der Waals surface area (Å²) in [6, 6.07) is 6.82. The SMILES string of the molecule is CC(C(=O)NCC(=O)Nc1ccc(Cl)cc1)C1CNC1. The molecule has 0 radical (unpaired) electrons. The zero-order chi connectivity index (χ0) is 14.5. The summed E-state index contributed by atoms with van der Waals surface area (Å²) in [7, 11) is 0. The van der Waals surface area contributed by atoms with Crippen molar-refractivity contribution in [2.24, 2.45) is 11.8 Å². The Kier molecular flexibility index (Phi) is 4.98. The summed E-state index contributed by atoms with van der Waals surface area (Å²) >= 11 is 5.76. The first-order valence-electron chi connectivity index (χ1n) is 6.60.